The molecule has 1 N–H and O–H groups in total. The van der Waals surface area contributed by atoms with Gasteiger partial charge in [-0.25, -0.2) is 8.42 Å². The van der Waals surface area contributed by atoms with E-state index in [2.05, 4.69) is 5.32 Å². The molecule has 0 spiro atoms. The maximum Gasteiger partial charge on any atom is 0.273 e. The van der Waals surface area contributed by atoms with Gasteiger partial charge in [0.1, 0.15) is 10.7 Å². The molecule has 5 rings (SSSR count). The number of nitro groups is 1. The van der Waals surface area contributed by atoms with Crippen LogP contribution in [0.25, 0.3) is 17.3 Å². The number of anilines is 1. The summed E-state index contributed by atoms with van der Waals surface area (Å²) in [6, 6.07) is 20.4. The molecule has 4 aromatic rings. The first kappa shape index (κ1) is 30.6. The van der Waals surface area contributed by atoms with Crippen molar-refractivity contribution in [3.8, 4) is 11.8 Å². The lowest BCUT2D eigenvalue weighted by atomic mass is 10.2. The standard InChI is InChI=1S/C31H27N5O6S2/c1-21-8-12-24(13-9-21)35-30(38)28(18-22-10-14-25(15-11-22)36(39)40)43-31(35)27(20-32)29(37)33-23-6-5-7-26(19-23)44(41,42)34-16-3-2-4-17-34/h5-15,18-19H,2-4,16-17H2,1H3,(H,33,37)/b28-18-,31-27-. The minimum absolute atomic E-state index is 0.0309. The summed E-state index contributed by atoms with van der Waals surface area (Å²) in [5, 5.41) is 23.8. The second kappa shape index (κ2) is 12.8. The molecule has 0 unspecified atom stereocenters. The molecule has 0 radical (unpaired) electrons. The van der Waals surface area contributed by atoms with Crippen LogP contribution < -0.4 is 20.1 Å². The van der Waals surface area contributed by atoms with E-state index in [1.54, 1.807) is 24.3 Å². The maximum absolute atomic E-state index is 13.7. The molecule has 1 aliphatic rings. The van der Waals surface area contributed by atoms with Gasteiger partial charge in [-0.3, -0.25) is 24.3 Å². The molecule has 0 atom stereocenters. The second-order valence-corrected chi connectivity index (χ2v) is 13.1. The van der Waals surface area contributed by atoms with Gasteiger partial charge in [0, 0.05) is 30.9 Å². The number of hydrogen-bond donors (Lipinski definition) is 1. The van der Waals surface area contributed by atoms with Crippen molar-refractivity contribution in [1.29, 1.82) is 5.26 Å². The first-order valence-electron chi connectivity index (χ1n) is 13.7. The molecule has 0 saturated carbocycles. The average molecular weight is 630 g/mol. The number of carbonyl (C=O) groups excluding carboxylic acids is 1. The molecule has 224 valence electrons. The number of benzene rings is 3. The molecule has 44 heavy (non-hydrogen) atoms. The van der Waals surface area contributed by atoms with E-state index in [0.717, 1.165) is 36.2 Å². The van der Waals surface area contributed by atoms with Crippen LogP contribution in [0.3, 0.4) is 0 Å². The third-order valence-corrected chi connectivity index (χ3v) is 10.1. The van der Waals surface area contributed by atoms with Crippen molar-refractivity contribution in [2.75, 3.05) is 18.4 Å². The minimum Gasteiger partial charge on any atom is -0.321 e. The number of carbonyl (C=O) groups is 1. The molecule has 13 heteroatoms. The highest BCUT2D eigenvalue weighted by atomic mass is 32.2. The largest absolute Gasteiger partial charge is 0.321 e. The molecule has 3 aromatic carbocycles. The number of aryl methyl sites for hydroxylation is 1. The first-order chi connectivity index (χ1) is 21.1. The lowest BCUT2D eigenvalue weighted by Gasteiger charge is -2.26. The summed E-state index contributed by atoms with van der Waals surface area (Å²) in [7, 11) is -3.76. The topological polar surface area (TPSA) is 155 Å². The number of thiazole rings is 1. The Labute approximate surface area is 256 Å². The van der Waals surface area contributed by atoms with Crippen LogP contribution in [0.1, 0.15) is 30.4 Å². The van der Waals surface area contributed by atoms with E-state index in [9.17, 15) is 33.4 Å². The van der Waals surface area contributed by atoms with Crippen molar-refractivity contribution >= 4 is 50.3 Å². The average Bonchev–Trinajstić information content (AvgIpc) is 3.33. The fourth-order valence-corrected chi connectivity index (χ4v) is 7.47. The highest BCUT2D eigenvalue weighted by Gasteiger charge is 2.26. The number of nitro benzene ring substituents is 1. The van der Waals surface area contributed by atoms with Crippen LogP contribution in [0.2, 0.25) is 0 Å². The quantitative estimate of drug-likeness (QED) is 0.243. The SMILES string of the molecule is Cc1ccc(-n2c(=O)/c(=C/c3ccc([N+](=O)[O-])cc3)s/c2=C(/C#N)C(=O)Nc2cccc(S(=O)(=O)N3CCCCC3)c2)cc1. The predicted octanol–water partition coefficient (Wildman–Crippen LogP) is 3.43. The lowest BCUT2D eigenvalue weighted by Crippen LogP contribution is -2.35. The predicted molar refractivity (Wildman–Crippen MR) is 167 cm³/mol. The number of piperidine rings is 1. The number of nitriles is 1. The van der Waals surface area contributed by atoms with E-state index in [-0.39, 0.29) is 31.0 Å². The van der Waals surface area contributed by atoms with Gasteiger partial charge in [0.25, 0.3) is 17.2 Å². The van der Waals surface area contributed by atoms with E-state index < -0.39 is 26.4 Å². The number of hydrogen-bond acceptors (Lipinski definition) is 8. The number of nitrogens with zero attached hydrogens (tertiary/aromatic N) is 4. The Morgan fingerprint density at radius 3 is 2.36 bits per heavy atom. The molecular formula is C31H27N5O6S2. The molecular weight excluding hydrogens is 603 g/mol. The Kier molecular flexibility index (Phi) is 8.86. The van der Waals surface area contributed by atoms with Gasteiger partial charge in [0.2, 0.25) is 10.0 Å². The van der Waals surface area contributed by atoms with Crippen LogP contribution in [0.5, 0.6) is 0 Å². The van der Waals surface area contributed by atoms with E-state index in [0.29, 0.717) is 24.3 Å². The van der Waals surface area contributed by atoms with Crippen LogP contribution in [0, 0.1) is 28.4 Å². The van der Waals surface area contributed by atoms with Crippen molar-refractivity contribution in [3.63, 3.8) is 0 Å². The van der Waals surface area contributed by atoms with Gasteiger partial charge in [-0.1, -0.05) is 30.2 Å². The van der Waals surface area contributed by atoms with E-state index >= 15 is 0 Å². The fraction of sp³-hybridized carbons (Fsp3) is 0.194. The zero-order valence-electron chi connectivity index (χ0n) is 23.6. The molecule has 0 bridgehead atoms. The monoisotopic (exact) mass is 629 g/mol. The Morgan fingerprint density at radius 1 is 1.05 bits per heavy atom. The van der Waals surface area contributed by atoms with E-state index in [4.69, 9.17) is 0 Å². The van der Waals surface area contributed by atoms with Gasteiger partial charge in [-0.15, -0.1) is 11.3 Å². The summed E-state index contributed by atoms with van der Waals surface area (Å²) in [5.74, 6) is -0.816. The summed E-state index contributed by atoms with van der Waals surface area (Å²) in [6.45, 7) is 2.74. The van der Waals surface area contributed by atoms with Crippen molar-refractivity contribution in [2.24, 2.45) is 0 Å². The van der Waals surface area contributed by atoms with Crippen molar-refractivity contribution in [2.45, 2.75) is 31.1 Å². The first-order valence-corrected chi connectivity index (χ1v) is 16.0. The third kappa shape index (κ3) is 6.37. The van der Waals surface area contributed by atoms with E-state index in [1.807, 2.05) is 13.0 Å². The van der Waals surface area contributed by atoms with Gasteiger partial charge < -0.3 is 5.32 Å². The van der Waals surface area contributed by atoms with Crippen LogP contribution >= 0.6 is 11.3 Å². The molecule has 1 fully saturated rings. The number of rotatable bonds is 7. The second-order valence-electron chi connectivity index (χ2n) is 10.2. The number of nitrogens with one attached hydrogen (secondary N) is 1. The fourth-order valence-electron chi connectivity index (χ4n) is 4.80. The van der Waals surface area contributed by atoms with Crippen molar-refractivity contribution in [1.82, 2.24) is 8.87 Å². The molecule has 1 amide bonds. The van der Waals surface area contributed by atoms with E-state index in [1.165, 1.54) is 63.5 Å². The zero-order chi connectivity index (χ0) is 31.4. The Morgan fingerprint density at radius 2 is 1.73 bits per heavy atom. The van der Waals surface area contributed by atoms with Gasteiger partial charge in [-0.05, 0) is 73.9 Å². The zero-order valence-corrected chi connectivity index (χ0v) is 25.2. The third-order valence-electron chi connectivity index (χ3n) is 7.11. The molecule has 1 aliphatic heterocycles. The van der Waals surface area contributed by atoms with Gasteiger partial charge in [0.05, 0.1) is 20.0 Å². The summed E-state index contributed by atoms with van der Waals surface area (Å²) in [6.07, 6.45) is 4.07. The Bertz CT molecular complexity index is 2070. The van der Waals surface area contributed by atoms with Crippen LogP contribution in [0.4, 0.5) is 11.4 Å². The number of sulfonamides is 1. The molecule has 11 nitrogen and oxygen atoms in total. The van der Waals surface area contributed by atoms with Crippen molar-refractivity contribution < 1.29 is 18.1 Å². The summed E-state index contributed by atoms with van der Waals surface area (Å²) in [4.78, 5) is 37.7. The lowest BCUT2D eigenvalue weighted by molar-refractivity contribution is -0.384. The molecule has 0 aliphatic carbocycles. The highest BCUT2D eigenvalue weighted by Crippen LogP contribution is 2.23. The Hall–Kier alpha value is -4.90. The summed E-state index contributed by atoms with van der Waals surface area (Å²) in [5.41, 5.74) is 1.15. The number of amides is 1. The van der Waals surface area contributed by atoms with Crippen LogP contribution in [-0.2, 0) is 14.8 Å². The minimum atomic E-state index is -3.76. The number of aromatic nitrogens is 1. The van der Waals surface area contributed by atoms with Crippen molar-refractivity contribution in [3.05, 3.63) is 114 Å². The highest BCUT2D eigenvalue weighted by molar-refractivity contribution is 7.89. The molecule has 1 aromatic heterocycles. The Balaban J connectivity index is 1.59. The van der Waals surface area contributed by atoms with Crippen LogP contribution in [-0.4, -0.2) is 41.2 Å². The molecule has 1 saturated heterocycles. The summed E-state index contributed by atoms with van der Waals surface area (Å²) >= 11 is 0.926. The van der Waals surface area contributed by atoms with Gasteiger partial charge >= 0.3 is 0 Å². The maximum atomic E-state index is 13.7. The smallest absolute Gasteiger partial charge is 0.273 e. The molecule has 2 heterocycles. The summed E-state index contributed by atoms with van der Waals surface area (Å²) < 4.78 is 29.3. The van der Waals surface area contributed by atoms with Gasteiger partial charge in [-0.2, -0.15) is 9.57 Å². The number of non-ortho nitro benzene ring substituents is 1. The van der Waals surface area contributed by atoms with Gasteiger partial charge in [0.15, 0.2) is 5.57 Å². The normalized spacial score (nSPS) is 15.0. The van der Waals surface area contributed by atoms with Crippen LogP contribution in [0.15, 0.2) is 82.5 Å².